The number of carbonyl (C=O) groups is 2. The normalized spacial score (nSPS) is 17.1. The average Bonchev–Trinajstić information content (AvgIpc) is 3.08. The summed E-state index contributed by atoms with van der Waals surface area (Å²) in [6, 6.07) is 3.45. The van der Waals surface area contributed by atoms with E-state index in [2.05, 4.69) is 0 Å². The average molecular weight is 598 g/mol. The predicted molar refractivity (Wildman–Crippen MR) is 144 cm³/mol. The molecule has 1 aromatic rings. The molecule has 37 heavy (non-hydrogen) atoms. The number of hydrogen-bond donors (Lipinski definition) is 0. The Bertz CT molecular complexity index is 1230. The molecule has 0 saturated carbocycles. The molecule has 0 unspecified atom stereocenters. The molecule has 2 aliphatic heterocycles. The largest absolute Gasteiger partial charge is 1.00 e. The van der Waals surface area contributed by atoms with Gasteiger partial charge in [-0.3, -0.25) is 19.4 Å². The maximum atomic E-state index is 13.0. The zero-order chi connectivity index (χ0) is 26.8. The van der Waals surface area contributed by atoms with Gasteiger partial charge in [-0.15, -0.1) is 0 Å². The van der Waals surface area contributed by atoms with Crippen LogP contribution in [0.25, 0.3) is 0 Å². The number of anilines is 2. The maximum Gasteiger partial charge on any atom is 1.00 e. The fourth-order valence-electron chi connectivity index (χ4n) is 4.21. The first-order valence-corrected chi connectivity index (χ1v) is 14.3. The smallest absolute Gasteiger partial charge is 0.748 e. The van der Waals surface area contributed by atoms with Crippen molar-refractivity contribution in [1.29, 1.82) is 0 Å². The van der Waals surface area contributed by atoms with Crippen LogP contribution >= 0.6 is 35.4 Å². The molecular formula is C23H27Cl2N4NaO5S2. The van der Waals surface area contributed by atoms with Crippen molar-refractivity contribution in [2.24, 2.45) is 0 Å². The number of likely N-dealkylation sites (N-methyl/N-ethyl adjacent to an activating group) is 2. The Morgan fingerprint density at radius 2 is 1.35 bits per heavy atom. The van der Waals surface area contributed by atoms with Gasteiger partial charge in [0.15, 0.2) is 5.11 Å². The van der Waals surface area contributed by atoms with Crippen LogP contribution in [0.4, 0.5) is 11.4 Å². The topological polar surface area (TPSA) is 104 Å². The quantitative estimate of drug-likeness (QED) is 0.103. The first-order valence-electron chi connectivity index (χ1n) is 11.5. The molecule has 14 heteroatoms. The second-order valence-electron chi connectivity index (χ2n) is 8.11. The Morgan fingerprint density at radius 3 is 1.81 bits per heavy atom. The molecule has 196 valence electrons. The Labute approximate surface area is 255 Å². The van der Waals surface area contributed by atoms with E-state index in [-0.39, 0.29) is 46.7 Å². The minimum absolute atomic E-state index is 0. The summed E-state index contributed by atoms with van der Waals surface area (Å²) in [7, 11) is -4.32. The number of allylic oxidation sites excluding steroid dienone is 2. The maximum absolute atomic E-state index is 13.0. The van der Waals surface area contributed by atoms with Crippen molar-refractivity contribution in [2.75, 3.05) is 41.7 Å². The number of hydrogen-bond acceptors (Lipinski definition) is 8. The predicted octanol–water partition coefficient (Wildman–Crippen LogP) is 0.732. The monoisotopic (exact) mass is 596 g/mol. The third-order valence-corrected chi connectivity index (χ3v) is 7.89. The molecule has 1 fully saturated rings. The van der Waals surface area contributed by atoms with Gasteiger partial charge >= 0.3 is 29.6 Å². The van der Waals surface area contributed by atoms with Crippen LogP contribution in [0.3, 0.4) is 0 Å². The van der Waals surface area contributed by atoms with Crippen LogP contribution in [0.2, 0.25) is 10.0 Å². The van der Waals surface area contributed by atoms with Gasteiger partial charge in [0, 0.05) is 31.9 Å². The third kappa shape index (κ3) is 6.88. The summed E-state index contributed by atoms with van der Waals surface area (Å²) in [4.78, 5) is 32.7. The fraction of sp³-hybridized carbons (Fsp3) is 0.435. The number of unbranched alkanes of at least 4 members (excludes halogenated alkanes) is 1. The summed E-state index contributed by atoms with van der Waals surface area (Å²) < 4.78 is 33.1. The molecule has 2 aliphatic rings. The van der Waals surface area contributed by atoms with Gasteiger partial charge in [0.25, 0.3) is 11.8 Å². The van der Waals surface area contributed by atoms with Crippen LogP contribution in [0.1, 0.15) is 33.6 Å². The molecule has 0 spiro atoms. The van der Waals surface area contributed by atoms with Crippen LogP contribution in [0.5, 0.6) is 0 Å². The van der Waals surface area contributed by atoms with E-state index in [1.54, 1.807) is 32.1 Å². The van der Waals surface area contributed by atoms with E-state index in [0.717, 1.165) is 11.4 Å². The van der Waals surface area contributed by atoms with Crippen LogP contribution < -0.4 is 39.4 Å². The number of fused-ring (bicyclic) bond motifs is 1. The van der Waals surface area contributed by atoms with Gasteiger partial charge in [-0.2, -0.15) is 0 Å². The van der Waals surface area contributed by atoms with Crippen molar-refractivity contribution in [1.82, 2.24) is 9.80 Å². The minimum Gasteiger partial charge on any atom is -0.748 e. The molecule has 0 N–H and O–H groups in total. The van der Waals surface area contributed by atoms with Crippen molar-refractivity contribution >= 4 is 73.8 Å². The molecule has 1 aromatic carbocycles. The summed E-state index contributed by atoms with van der Waals surface area (Å²) in [6.07, 6.45) is 3.76. The van der Waals surface area contributed by atoms with E-state index >= 15 is 0 Å². The van der Waals surface area contributed by atoms with Gasteiger partial charge < -0.3 is 14.4 Å². The Kier molecular flexibility index (Phi) is 11.5. The van der Waals surface area contributed by atoms with Gasteiger partial charge in [0.1, 0.15) is 11.4 Å². The van der Waals surface area contributed by atoms with E-state index < -0.39 is 27.7 Å². The van der Waals surface area contributed by atoms with Crippen molar-refractivity contribution in [2.45, 2.75) is 33.6 Å². The number of nitrogens with zero attached hydrogens (tertiary/aromatic N) is 4. The fourth-order valence-corrected chi connectivity index (χ4v) is 5.50. The van der Waals surface area contributed by atoms with E-state index in [1.807, 2.05) is 16.7 Å². The SMILES string of the molecule is CCN1C(=O)C(=C/C=C2\N(CC)c3cc(Cl)c(Cl)cc3N2CCCCS(=O)(=O)[O-])C(=O)N(CC)C1=S.[Na+]. The van der Waals surface area contributed by atoms with Crippen molar-refractivity contribution in [3.63, 3.8) is 0 Å². The molecule has 3 rings (SSSR count). The van der Waals surface area contributed by atoms with Crippen molar-refractivity contribution < 1.29 is 52.1 Å². The summed E-state index contributed by atoms with van der Waals surface area (Å²) in [5.41, 5.74) is 1.51. The third-order valence-electron chi connectivity index (χ3n) is 5.94. The van der Waals surface area contributed by atoms with Crippen molar-refractivity contribution in [3.05, 3.63) is 45.7 Å². The zero-order valence-electron chi connectivity index (χ0n) is 21.2. The number of halogens is 2. The van der Waals surface area contributed by atoms with Gasteiger partial charge in [-0.25, -0.2) is 8.42 Å². The number of amides is 2. The molecule has 0 radical (unpaired) electrons. The second-order valence-corrected chi connectivity index (χ2v) is 10.8. The van der Waals surface area contributed by atoms with Gasteiger partial charge in [-0.05, 0) is 70.1 Å². The van der Waals surface area contributed by atoms with E-state index in [1.165, 1.54) is 15.9 Å². The second kappa shape index (κ2) is 13.3. The van der Waals surface area contributed by atoms with Crippen LogP contribution in [0.15, 0.2) is 35.7 Å². The van der Waals surface area contributed by atoms with Gasteiger partial charge in [0.05, 0.1) is 31.5 Å². The molecule has 1 saturated heterocycles. The Balaban J connectivity index is 0.00000481. The number of carbonyl (C=O) groups excluding carboxylic acids is 2. The van der Waals surface area contributed by atoms with Gasteiger partial charge in [0.2, 0.25) is 0 Å². The summed E-state index contributed by atoms with van der Waals surface area (Å²) in [5.74, 6) is -0.738. The van der Waals surface area contributed by atoms with Crippen LogP contribution in [0, 0.1) is 0 Å². The zero-order valence-corrected chi connectivity index (χ0v) is 26.3. The van der Waals surface area contributed by atoms with Crippen LogP contribution in [-0.2, 0) is 19.7 Å². The van der Waals surface area contributed by atoms with Crippen LogP contribution in [-0.4, -0.2) is 71.6 Å². The summed E-state index contributed by atoms with van der Waals surface area (Å²) >= 11 is 17.9. The minimum atomic E-state index is -4.32. The Hall–Kier alpha value is -1.18. The molecule has 0 atom stereocenters. The first-order chi connectivity index (χ1) is 16.9. The number of benzene rings is 1. The first kappa shape index (κ1) is 32.0. The van der Waals surface area contributed by atoms with Gasteiger partial charge in [-0.1, -0.05) is 23.2 Å². The van der Waals surface area contributed by atoms with E-state index in [4.69, 9.17) is 35.4 Å². The molecule has 0 bridgehead atoms. The summed E-state index contributed by atoms with van der Waals surface area (Å²) in [6.45, 7) is 7.08. The molecule has 2 heterocycles. The summed E-state index contributed by atoms with van der Waals surface area (Å²) in [5, 5.41) is 0.901. The standard InChI is InChI=1S/C23H28Cl2N4O5S2.Na/c1-4-26-18-13-16(24)17(25)14-19(18)29(11-7-8-12-36(32,33)34)20(26)10-9-15-21(30)27(5-2)23(35)28(6-3)22(15)31;/h9-10,13-14H,4-8,11-12H2,1-3H3,(H,32,33,34);/q;+1/p-1/b20-10+;. The molecular weight excluding hydrogens is 570 g/mol. The molecule has 0 aromatic heterocycles. The molecule has 0 aliphatic carbocycles. The van der Waals surface area contributed by atoms with Crippen molar-refractivity contribution in [3.8, 4) is 0 Å². The van der Waals surface area contributed by atoms with E-state index in [9.17, 15) is 22.6 Å². The number of rotatable bonds is 9. The van der Waals surface area contributed by atoms with E-state index in [0.29, 0.717) is 48.5 Å². The molecule has 2 amide bonds. The molecule has 9 nitrogen and oxygen atoms in total. The number of thiocarbonyl (C=S) groups is 1. The Morgan fingerprint density at radius 1 is 0.865 bits per heavy atom.